The molecule has 0 saturated carbocycles. The molecule has 3 rings (SSSR count). The predicted molar refractivity (Wildman–Crippen MR) is 93.9 cm³/mol. The second kappa shape index (κ2) is 6.86. The highest BCUT2D eigenvalue weighted by atomic mass is 16.5. The quantitative estimate of drug-likeness (QED) is 0.790. The van der Waals surface area contributed by atoms with Crippen LogP contribution >= 0.6 is 0 Å². The van der Waals surface area contributed by atoms with Gasteiger partial charge < -0.3 is 9.64 Å². The van der Waals surface area contributed by atoms with E-state index in [1.165, 1.54) is 11.8 Å². The molecule has 6 heteroatoms. The standard InChI is InChI=1S/C19H24N2O4/c1-12-6-4-5-9-20(12)18(23)11-21-16-10-15(13(2)22)7-8-17(16)25-14(3)19(21)24/h7-8,10,12,14H,4-6,9,11H2,1-3H3. The van der Waals surface area contributed by atoms with Crippen molar-refractivity contribution in [1.82, 2.24) is 4.90 Å². The fourth-order valence-corrected chi connectivity index (χ4v) is 3.48. The summed E-state index contributed by atoms with van der Waals surface area (Å²) < 4.78 is 5.63. The van der Waals surface area contributed by atoms with Gasteiger partial charge in [0.2, 0.25) is 5.91 Å². The Hall–Kier alpha value is -2.37. The minimum absolute atomic E-state index is 0.0226. The lowest BCUT2D eigenvalue weighted by Gasteiger charge is -2.37. The van der Waals surface area contributed by atoms with E-state index in [0.29, 0.717) is 17.0 Å². The lowest BCUT2D eigenvalue weighted by Crippen LogP contribution is -2.52. The molecule has 0 aliphatic carbocycles. The number of hydrogen-bond acceptors (Lipinski definition) is 4. The summed E-state index contributed by atoms with van der Waals surface area (Å²) in [6, 6.07) is 5.19. The van der Waals surface area contributed by atoms with Crippen LogP contribution in [-0.4, -0.2) is 47.7 Å². The molecule has 0 spiro atoms. The van der Waals surface area contributed by atoms with Gasteiger partial charge in [-0.25, -0.2) is 0 Å². The van der Waals surface area contributed by atoms with Crippen LogP contribution in [0.3, 0.4) is 0 Å². The molecule has 0 aromatic heterocycles. The van der Waals surface area contributed by atoms with Gasteiger partial charge in [0, 0.05) is 18.2 Å². The number of rotatable bonds is 3. The van der Waals surface area contributed by atoms with Crippen LogP contribution in [0.2, 0.25) is 0 Å². The molecular weight excluding hydrogens is 320 g/mol. The minimum Gasteiger partial charge on any atom is -0.479 e. The zero-order valence-electron chi connectivity index (χ0n) is 14.9. The van der Waals surface area contributed by atoms with Gasteiger partial charge in [-0.05, 0) is 58.2 Å². The number of likely N-dealkylation sites (tertiary alicyclic amines) is 1. The zero-order chi connectivity index (χ0) is 18.1. The highest BCUT2D eigenvalue weighted by Crippen LogP contribution is 2.35. The van der Waals surface area contributed by atoms with E-state index in [-0.39, 0.29) is 30.2 Å². The molecular formula is C19H24N2O4. The fourth-order valence-electron chi connectivity index (χ4n) is 3.48. The molecule has 2 unspecified atom stereocenters. The summed E-state index contributed by atoms with van der Waals surface area (Å²) in [5, 5.41) is 0. The first-order valence-corrected chi connectivity index (χ1v) is 8.81. The topological polar surface area (TPSA) is 66.9 Å². The number of hydrogen-bond donors (Lipinski definition) is 0. The van der Waals surface area contributed by atoms with E-state index >= 15 is 0 Å². The van der Waals surface area contributed by atoms with Crippen molar-refractivity contribution in [3.8, 4) is 5.75 Å². The Morgan fingerprint density at radius 2 is 2.00 bits per heavy atom. The molecule has 1 aromatic rings. The Bertz CT molecular complexity index is 715. The number of carbonyl (C=O) groups excluding carboxylic acids is 3. The van der Waals surface area contributed by atoms with Crippen molar-refractivity contribution in [3.05, 3.63) is 23.8 Å². The van der Waals surface area contributed by atoms with E-state index < -0.39 is 6.10 Å². The Morgan fingerprint density at radius 1 is 1.24 bits per heavy atom. The number of nitrogens with zero attached hydrogens (tertiary/aromatic N) is 2. The first-order valence-electron chi connectivity index (χ1n) is 8.81. The maximum absolute atomic E-state index is 12.8. The molecule has 6 nitrogen and oxygen atoms in total. The molecule has 2 atom stereocenters. The van der Waals surface area contributed by atoms with Crippen LogP contribution in [0.4, 0.5) is 5.69 Å². The highest BCUT2D eigenvalue weighted by Gasteiger charge is 2.35. The summed E-state index contributed by atoms with van der Waals surface area (Å²) in [6.07, 6.45) is 2.46. The SMILES string of the molecule is CC(=O)c1ccc2c(c1)N(CC(=O)N1CCCCC1C)C(=O)C(C)O2. The number of fused-ring (bicyclic) bond motifs is 1. The largest absolute Gasteiger partial charge is 0.479 e. The van der Waals surface area contributed by atoms with E-state index in [2.05, 4.69) is 0 Å². The Kier molecular flexibility index (Phi) is 4.79. The summed E-state index contributed by atoms with van der Waals surface area (Å²) in [6.45, 7) is 5.90. The van der Waals surface area contributed by atoms with Gasteiger partial charge in [0.05, 0.1) is 5.69 Å². The van der Waals surface area contributed by atoms with Crippen LogP contribution in [0, 0.1) is 0 Å². The van der Waals surface area contributed by atoms with Gasteiger partial charge in [0.15, 0.2) is 11.9 Å². The molecule has 2 heterocycles. The van der Waals surface area contributed by atoms with E-state index in [4.69, 9.17) is 4.74 Å². The predicted octanol–water partition coefficient (Wildman–Crippen LogP) is 2.40. The molecule has 0 N–H and O–H groups in total. The Labute approximate surface area is 147 Å². The number of piperidine rings is 1. The zero-order valence-corrected chi connectivity index (χ0v) is 14.9. The van der Waals surface area contributed by atoms with Crippen molar-refractivity contribution in [2.75, 3.05) is 18.0 Å². The lowest BCUT2D eigenvalue weighted by atomic mass is 10.0. The number of carbonyl (C=O) groups is 3. The number of amides is 2. The second-order valence-electron chi connectivity index (χ2n) is 6.86. The molecule has 1 saturated heterocycles. The maximum Gasteiger partial charge on any atom is 0.268 e. The molecule has 25 heavy (non-hydrogen) atoms. The van der Waals surface area contributed by atoms with Crippen LogP contribution < -0.4 is 9.64 Å². The van der Waals surface area contributed by atoms with Gasteiger partial charge in [-0.1, -0.05) is 0 Å². The first-order chi connectivity index (χ1) is 11.9. The average Bonchev–Trinajstić information content (AvgIpc) is 2.58. The van der Waals surface area contributed by atoms with Gasteiger partial charge >= 0.3 is 0 Å². The maximum atomic E-state index is 12.8. The van der Waals surface area contributed by atoms with Crippen LogP contribution in [0.15, 0.2) is 18.2 Å². The molecule has 1 aromatic carbocycles. The van der Waals surface area contributed by atoms with Crippen molar-refractivity contribution < 1.29 is 19.1 Å². The highest BCUT2D eigenvalue weighted by molar-refractivity contribution is 6.05. The van der Waals surface area contributed by atoms with Crippen LogP contribution in [0.1, 0.15) is 50.4 Å². The third kappa shape index (κ3) is 3.38. The summed E-state index contributed by atoms with van der Waals surface area (Å²) in [5.41, 5.74) is 0.988. The van der Waals surface area contributed by atoms with E-state index in [0.717, 1.165) is 25.8 Å². The van der Waals surface area contributed by atoms with Crippen molar-refractivity contribution in [2.24, 2.45) is 0 Å². The first kappa shape index (κ1) is 17.5. The third-order valence-corrected chi connectivity index (χ3v) is 4.99. The summed E-state index contributed by atoms with van der Waals surface area (Å²) in [7, 11) is 0. The van der Waals surface area contributed by atoms with Crippen LogP contribution in [-0.2, 0) is 9.59 Å². The Balaban J connectivity index is 1.89. The summed E-state index contributed by atoms with van der Waals surface area (Å²) in [5.74, 6) is 0.112. The summed E-state index contributed by atoms with van der Waals surface area (Å²) in [4.78, 5) is 40.4. The van der Waals surface area contributed by atoms with Crippen molar-refractivity contribution in [3.63, 3.8) is 0 Å². The normalized spacial score (nSPS) is 23.1. The average molecular weight is 344 g/mol. The molecule has 2 aliphatic heterocycles. The smallest absolute Gasteiger partial charge is 0.268 e. The second-order valence-corrected chi connectivity index (χ2v) is 6.86. The number of ether oxygens (including phenoxy) is 1. The molecule has 2 amide bonds. The minimum atomic E-state index is -0.651. The van der Waals surface area contributed by atoms with E-state index in [1.807, 2.05) is 11.8 Å². The summed E-state index contributed by atoms with van der Waals surface area (Å²) >= 11 is 0. The van der Waals surface area contributed by atoms with Gasteiger partial charge in [-0.3, -0.25) is 19.3 Å². The number of Topliss-reactive ketones (excluding diaryl/α,β-unsaturated/α-hetero) is 1. The van der Waals surface area contributed by atoms with Gasteiger partial charge in [0.1, 0.15) is 12.3 Å². The van der Waals surface area contributed by atoms with E-state index in [1.54, 1.807) is 25.1 Å². The number of anilines is 1. The lowest BCUT2D eigenvalue weighted by molar-refractivity contribution is -0.135. The third-order valence-electron chi connectivity index (χ3n) is 4.99. The van der Waals surface area contributed by atoms with Gasteiger partial charge in [-0.2, -0.15) is 0 Å². The molecule has 0 bridgehead atoms. The number of benzene rings is 1. The molecule has 0 radical (unpaired) electrons. The molecule has 1 fully saturated rings. The van der Waals surface area contributed by atoms with Crippen molar-refractivity contribution >= 4 is 23.3 Å². The number of ketones is 1. The van der Waals surface area contributed by atoms with Gasteiger partial charge in [0.25, 0.3) is 5.91 Å². The molecule has 2 aliphatic rings. The van der Waals surface area contributed by atoms with Crippen molar-refractivity contribution in [2.45, 2.75) is 52.2 Å². The monoisotopic (exact) mass is 344 g/mol. The van der Waals surface area contributed by atoms with Crippen LogP contribution in [0.5, 0.6) is 5.75 Å². The van der Waals surface area contributed by atoms with Gasteiger partial charge in [-0.15, -0.1) is 0 Å². The molecule has 134 valence electrons. The van der Waals surface area contributed by atoms with Crippen LogP contribution in [0.25, 0.3) is 0 Å². The van der Waals surface area contributed by atoms with Crippen molar-refractivity contribution in [1.29, 1.82) is 0 Å². The Morgan fingerprint density at radius 3 is 2.68 bits per heavy atom. The fraction of sp³-hybridized carbons (Fsp3) is 0.526. The van der Waals surface area contributed by atoms with E-state index in [9.17, 15) is 14.4 Å².